The number of nitrogens with one attached hydrogen (secondary N) is 1. The van der Waals surface area contributed by atoms with Gasteiger partial charge < -0.3 is 15.0 Å². The summed E-state index contributed by atoms with van der Waals surface area (Å²) in [6, 6.07) is 0. The molecular formula is C30H54IN5O3. The molecule has 0 radical (unpaired) electrons. The molecule has 2 aromatic heterocycles. The zero-order valence-electron chi connectivity index (χ0n) is 24.9. The van der Waals surface area contributed by atoms with E-state index in [0.29, 0.717) is 28.1 Å². The molecule has 2 aromatic rings. The van der Waals surface area contributed by atoms with Crippen molar-refractivity contribution in [3.05, 3.63) is 24.7 Å². The summed E-state index contributed by atoms with van der Waals surface area (Å²) in [4.78, 5) is 29.9. The van der Waals surface area contributed by atoms with Crippen LogP contribution < -0.4 is 16.6 Å². The number of nitrogens with zero attached hydrogens (tertiary/aromatic N) is 4. The van der Waals surface area contributed by atoms with Gasteiger partial charge in [0, 0.05) is 49.8 Å². The predicted octanol–water partition coefficient (Wildman–Crippen LogP) is 6.03. The topological polar surface area (TPSA) is 94.1 Å². The molecule has 0 aromatic carbocycles. The maximum Gasteiger partial charge on any atom is 0.332 e. The van der Waals surface area contributed by atoms with E-state index in [1.165, 1.54) is 79.8 Å². The minimum Gasteiger partial charge on any atom is -0.392 e. The molecular weight excluding hydrogens is 605 g/mol. The van der Waals surface area contributed by atoms with Gasteiger partial charge in [-0.3, -0.25) is 13.9 Å². The van der Waals surface area contributed by atoms with Crippen LogP contribution in [0.1, 0.15) is 122 Å². The van der Waals surface area contributed by atoms with Crippen LogP contribution in [0.3, 0.4) is 0 Å². The summed E-state index contributed by atoms with van der Waals surface area (Å²) in [6.07, 6.45) is 21.6. The molecule has 39 heavy (non-hydrogen) atoms. The standard InChI is InChI=1S/C30H54IN5O3/c1-4-5-6-7-8-9-10-13-16-19-22-32-24-25(37)21-18-15-12-11-14-17-20-23-36-28(38)26-27(35(3)30(36)39)33-29(31)34(26)2/h25,32,37H,4-24H2,1-3H3. The smallest absolute Gasteiger partial charge is 0.332 e. The van der Waals surface area contributed by atoms with Gasteiger partial charge in [0.15, 0.2) is 15.0 Å². The SMILES string of the molecule is CCCCCCCCCCCCNCC(O)CCCCCCCCCn1c(=O)c2c(nc(I)n2C)n(C)c1=O. The van der Waals surface area contributed by atoms with Crippen LogP contribution in [0.5, 0.6) is 0 Å². The van der Waals surface area contributed by atoms with Crippen LogP contribution in [0.2, 0.25) is 0 Å². The molecule has 0 fully saturated rings. The van der Waals surface area contributed by atoms with Gasteiger partial charge in [-0.05, 0) is 25.8 Å². The average molecular weight is 660 g/mol. The highest BCUT2D eigenvalue weighted by Gasteiger charge is 2.17. The lowest BCUT2D eigenvalue weighted by atomic mass is 10.1. The molecule has 1 atom stereocenters. The van der Waals surface area contributed by atoms with E-state index in [-0.39, 0.29) is 17.4 Å². The number of halogens is 1. The number of fused-ring (bicyclic) bond motifs is 1. The van der Waals surface area contributed by atoms with Crippen LogP contribution >= 0.6 is 22.6 Å². The number of aromatic nitrogens is 4. The maximum atomic E-state index is 12.9. The number of hydrogen-bond acceptors (Lipinski definition) is 5. The second-order valence-corrected chi connectivity index (χ2v) is 12.2. The van der Waals surface area contributed by atoms with Gasteiger partial charge in [0.05, 0.1) is 6.10 Å². The number of aliphatic hydroxyl groups is 1. The number of aryl methyl sites for hydroxylation is 2. The molecule has 8 nitrogen and oxygen atoms in total. The van der Waals surface area contributed by atoms with E-state index >= 15 is 0 Å². The lowest BCUT2D eigenvalue weighted by molar-refractivity contribution is 0.158. The van der Waals surface area contributed by atoms with Crippen molar-refractivity contribution in [1.29, 1.82) is 0 Å². The first-order valence-electron chi connectivity index (χ1n) is 15.6. The van der Waals surface area contributed by atoms with Crippen LogP contribution in [-0.2, 0) is 20.6 Å². The van der Waals surface area contributed by atoms with Crippen molar-refractivity contribution >= 4 is 33.8 Å². The highest BCUT2D eigenvalue weighted by molar-refractivity contribution is 14.1. The Morgan fingerprint density at radius 3 is 1.95 bits per heavy atom. The molecule has 9 heteroatoms. The number of unbranched alkanes of at least 4 members (excludes halogenated alkanes) is 15. The fourth-order valence-electron chi connectivity index (χ4n) is 5.26. The summed E-state index contributed by atoms with van der Waals surface area (Å²) >= 11 is 2.08. The van der Waals surface area contributed by atoms with Gasteiger partial charge in [-0.25, -0.2) is 9.78 Å². The Morgan fingerprint density at radius 2 is 1.33 bits per heavy atom. The first kappa shape index (κ1) is 34.0. The monoisotopic (exact) mass is 659 g/mol. The number of imidazole rings is 1. The molecule has 0 aliphatic carbocycles. The van der Waals surface area contributed by atoms with E-state index in [2.05, 4.69) is 39.8 Å². The highest BCUT2D eigenvalue weighted by atomic mass is 127. The Kier molecular flexibility index (Phi) is 17.3. The van der Waals surface area contributed by atoms with E-state index in [9.17, 15) is 14.7 Å². The van der Waals surface area contributed by atoms with Gasteiger partial charge in [0.25, 0.3) is 5.56 Å². The predicted molar refractivity (Wildman–Crippen MR) is 171 cm³/mol. The van der Waals surface area contributed by atoms with Gasteiger partial charge in [-0.15, -0.1) is 0 Å². The van der Waals surface area contributed by atoms with Crippen molar-refractivity contribution in [1.82, 2.24) is 24.0 Å². The van der Waals surface area contributed by atoms with Crippen LogP contribution in [0.15, 0.2) is 9.59 Å². The number of hydrogen-bond donors (Lipinski definition) is 2. The number of rotatable bonds is 23. The normalized spacial score (nSPS) is 12.5. The first-order valence-corrected chi connectivity index (χ1v) is 16.7. The van der Waals surface area contributed by atoms with Crippen LogP contribution in [0.25, 0.3) is 11.2 Å². The molecule has 0 saturated carbocycles. The summed E-state index contributed by atoms with van der Waals surface area (Å²) in [7, 11) is 3.48. The summed E-state index contributed by atoms with van der Waals surface area (Å²) in [5.74, 6) is 0. The van der Waals surface area contributed by atoms with Crippen molar-refractivity contribution in [2.45, 2.75) is 135 Å². The zero-order valence-corrected chi connectivity index (χ0v) is 27.0. The fourth-order valence-corrected chi connectivity index (χ4v) is 5.73. The molecule has 2 heterocycles. The third-order valence-corrected chi connectivity index (χ3v) is 8.78. The molecule has 224 valence electrons. The molecule has 1 unspecified atom stereocenters. The lowest BCUT2D eigenvalue weighted by Crippen LogP contribution is -2.39. The van der Waals surface area contributed by atoms with Gasteiger partial charge in [0.2, 0.25) is 0 Å². The van der Waals surface area contributed by atoms with Gasteiger partial charge in [0.1, 0.15) is 0 Å². The zero-order chi connectivity index (χ0) is 28.5. The van der Waals surface area contributed by atoms with E-state index in [0.717, 1.165) is 51.5 Å². The van der Waals surface area contributed by atoms with Gasteiger partial charge in [-0.2, -0.15) is 0 Å². The summed E-state index contributed by atoms with van der Waals surface area (Å²) in [5.41, 5.74) is 0.391. The summed E-state index contributed by atoms with van der Waals surface area (Å²) in [5, 5.41) is 13.6. The molecule has 0 aliphatic rings. The molecule has 0 spiro atoms. The second-order valence-electron chi connectivity index (χ2n) is 11.2. The quantitative estimate of drug-likeness (QED) is 0.0864. The third kappa shape index (κ3) is 12.1. The van der Waals surface area contributed by atoms with E-state index in [4.69, 9.17) is 0 Å². The molecule has 0 saturated heterocycles. The minimum atomic E-state index is -0.293. The summed E-state index contributed by atoms with van der Waals surface area (Å²) < 4.78 is 5.27. The Labute approximate surface area is 249 Å². The Balaban J connectivity index is 1.44. The van der Waals surface area contributed by atoms with Gasteiger partial charge in [-0.1, -0.05) is 103 Å². The summed E-state index contributed by atoms with van der Waals surface area (Å²) in [6.45, 7) is 4.44. The van der Waals surface area contributed by atoms with Gasteiger partial charge >= 0.3 is 5.69 Å². The molecule has 2 rings (SSSR count). The van der Waals surface area contributed by atoms with Crippen molar-refractivity contribution in [2.75, 3.05) is 13.1 Å². The van der Waals surface area contributed by atoms with E-state index < -0.39 is 0 Å². The Morgan fingerprint density at radius 1 is 0.795 bits per heavy atom. The van der Waals surface area contributed by atoms with Crippen molar-refractivity contribution < 1.29 is 5.11 Å². The Bertz CT molecular complexity index is 1060. The van der Waals surface area contributed by atoms with Crippen molar-refractivity contribution in [3.63, 3.8) is 0 Å². The first-order chi connectivity index (χ1) is 18.9. The third-order valence-electron chi connectivity index (χ3n) is 7.81. The van der Waals surface area contributed by atoms with Crippen LogP contribution in [0, 0.1) is 3.83 Å². The minimum absolute atomic E-state index is 0.242. The Hall–Kier alpha value is -1.20. The molecule has 0 aliphatic heterocycles. The highest BCUT2D eigenvalue weighted by Crippen LogP contribution is 2.13. The van der Waals surface area contributed by atoms with E-state index in [1.54, 1.807) is 11.6 Å². The van der Waals surface area contributed by atoms with Crippen molar-refractivity contribution in [2.24, 2.45) is 14.1 Å². The molecule has 2 N–H and O–H groups in total. The largest absolute Gasteiger partial charge is 0.392 e. The van der Waals surface area contributed by atoms with E-state index in [1.807, 2.05) is 7.05 Å². The lowest BCUT2D eigenvalue weighted by Gasteiger charge is -2.12. The average Bonchev–Trinajstić information content (AvgIpc) is 3.22. The fraction of sp³-hybridized carbons (Fsp3) is 0.833. The van der Waals surface area contributed by atoms with Crippen LogP contribution in [0.4, 0.5) is 0 Å². The second kappa shape index (κ2) is 19.8. The maximum absolute atomic E-state index is 12.9. The molecule has 0 bridgehead atoms. The van der Waals surface area contributed by atoms with Crippen molar-refractivity contribution in [3.8, 4) is 0 Å². The molecule has 0 amide bonds. The number of aliphatic hydroxyl groups excluding tert-OH is 1. The van der Waals surface area contributed by atoms with Crippen LogP contribution in [-0.4, -0.2) is 43.0 Å².